The van der Waals surface area contributed by atoms with Gasteiger partial charge < -0.3 is 5.73 Å². The van der Waals surface area contributed by atoms with E-state index in [1.54, 1.807) is 18.6 Å². The van der Waals surface area contributed by atoms with Gasteiger partial charge in [-0.3, -0.25) is 9.80 Å². The average molecular weight is 490 g/mol. The Hall–Kier alpha value is -2.80. The van der Waals surface area contributed by atoms with E-state index in [9.17, 15) is 17.2 Å². The van der Waals surface area contributed by atoms with E-state index >= 15 is 0 Å². The van der Waals surface area contributed by atoms with Gasteiger partial charge in [-0.1, -0.05) is 0 Å². The number of halogens is 2. The zero-order chi connectivity index (χ0) is 24.0. The lowest BCUT2D eigenvalue weighted by Gasteiger charge is -2.46. The van der Waals surface area contributed by atoms with E-state index in [-0.39, 0.29) is 11.6 Å². The number of fused-ring (bicyclic) bond motifs is 1. The summed E-state index contributed by atoms with van der Waals surface area (Å²) < 4.78 is 53.4. The van der Waals surface area contributed by atoms with Gasteiger partial charge in [0, 0.05) is 73.5 Å². The summed E-state index contributed by atoms with van der Waals surface area (Å²) in [6.07, 6.45) is 8.07. The maximum atomic E-state index is 14.8. The number of likely N-dealkylation sites (tertiary alicyclic amines) is 1. The fourth-order valence-electron chi connectivity index (χ4n) is 5.00. The van der Waals surface area contributed by atoms with Crippen LogP contribution in [0.15, 0.2) is 43.1 Å². The molecule has 2 aliphatic rings. The summed E-state index contributed by atoms with van der Waals surface area (Å²) in [6, 6.07) is 2.49. The molecule has 4 heterocycles. The first-order valence-electron chi connectivity index (χ1n) is 10.9. The van der Waals surface area contributed by atoms with Gasteiger partial charge in [-0.25, -0.2) is 27.2 Å². The Balaban J connectivity index is 1.41. The van der Waals surface area contributed by atoms with Gasteiger partial charge in [0.25, 0.3) is 10.0 Å². The van der Waals surface area contributed by atoms with Crippen molar-refractivity contribution in [1.29, 1.82) is 0 Å². The monoisotopic (exact) mass is 489 g/mol. The lowest BCUT2D eigenvalue weighted by Crippen LogP contribution is -2.55. The summed E-state index contributed by atoms with van der Waals surface area (Å²) in [7, 11) is -3.44. The molecule has 1 fully saturated rings. The third-order valence-corrected chi connectivity index (χ3v) is 7.37. The second-order valence-corrected chi connectivity index (χ2v) is 10.8. The molecule has 3 aromatic rings. The topological polar surface area (TPSA) is 110 Å². The van der Waals surface area contributed by atoms with Crippen LogP contribution in [0.3, 0.4) is 0 Å². The highest BCUT2D eigenvalue weighted by Gasteiger charge is 2.40. The predicted octanol–water partition coefficient (Wildman–Crippen LogP) is 1.42. The highest BCUT2D eigenvalue weighted by molar-refractivity contribution is 7.89. The second kappa shape index (κ2) is 8.77. The van der Waals surface area contributed by atoms with Crippen molar-refractivity contribution in [2.45, 2.75) is 44.2 Å². The van der Waals surface area contributed by atoms with Crippen molar-refractivity contribution < 1.29 is 17.2 Å². The quantitative estimate of drug-likeness (QED) is 0.573. The first-order valence-corrected chi connectivity index (χ1v) is 12.7. The van der Waals surface area contributed by atoms with Crippen LogP contribution in [0.25, 0.3) is 0 Å². The Kier molecular flexibility index (Phi) is 5.92. The third-order valence-electron chi connectivity index (χ3n) is 6.50. The van der Waals surface area contributed by atoms with Crippen LogP contribution >= 0.6 is 0 Å². The standard InChI is InChI=1S/C22H25F2N7O2S/c1-34(32,33)31-10-15-9-29(12-21(15)28-31)17-5-20(25)22(18-4-16(23)2-3-19(18)24)30(11-17)8-14-6-26-13-27-7-14/h2-4,6-7,10,13,17,20,22H,5,8-9,11-12,25H2,1H3/t17?,20?,22-/m1/s1. The molecule has 0 radical (unpaired) electrons. The molecule has 1 saturated heterocycles. The van der Waals surface area contributed by atoms with E-state index in [4.69, 9.17) is 5.73 Å². The highest BCUT2D eigenvalue weighted by Crippen LogP contribution is 2.37. The van der Waals surface area contributed by atoms with Crippen LogP contribution < -0.4 is 5.73 Å². The number of benzene rings is 1. The molecule has 12 heteroatoms. The van der Waals surface area contributed by atoms with Crippen molar-refractivity contribution in [2.75, 3.05) is 12.8 Å². The summed E-state index contributed by atoms with van der Waals surface area (Å²) in [5.74, 6) is -1.01. The second-order valence-electron chi connectivity index (χ2n) is 8.98. The van der Waals surface area contributed by atoms with Gasteiger partial charge in [-0.15, -0.1) is 0 Å². The number of rotatable bonds is 5. The number of piperidine rings is 1. The molecular formula is C22H25F2N7O2S. The van der Waals surface area contributed by atoms with Crippen molar-refractivity contribution >= 4 is 10.0 Å². The van der Waals surface area contributed by atoms with Crippen molar-refractivity contribution in [1.82, 2.24) is 29.0 Å². The van der Waals surface area contributed by atoms with Gasteiger partial charge >= 0.3 is 0 Å². The predicted molar refractivity (Wildman–Crippen MR) is 120 cm³/mol. The molecule has 2 N–H and O–H groups in total. The van der Waals surface area contributed by atoms with Crippen molar-refractivity contribution in [3.63, 3.8) is 0 Å². The first-order chi connectivity index (χ1) is 16.2. The highest BCUT2D eigenvalue weighted by atomic mass is 32.2. The third kappa shape index (κ3) is 4.45. The van der Waals surface area contributed by atoms with E-state index in [0.29, 0.717) is 32.6 Å². The number of hydrogen-bond donors (Lipinski definition) is 1. The fraction of sp³-hybridized carbons (Fsp3) is 0.409. The largest absolute Gasteiger partial charge is 0.326 e. The van der Waals surface area contributed by atoms with Gasteiger partial charge in [-0.2, -0.15) is 9.19 Å². The molecule has 9 nitrogen and oxygen atoms in total. The van der Waals surface area contributed by atoms with Crippen molar-refractivity contribution in [2.24, 2.45) is 5.73 Å². The molecule has 180 valence electrons. The molecule has 0 saturated carbocycles. The summed E-state index contributed by atoms with van der Waals surface area (Å²) in [4.78, 5) is 12.4. The lowest BCUT2D eigenvalue weighted by atomic mass is 9.87. The Labute approximate surface area is 196 Å². The molecule has 2 aliphatic heterocycles. The summed E-state index contributed by atoms with van der Waals surface area (Å²) in [5, 5.41) is 4.23. The zero-order valence-electron chi connectivity index (χ0n) is 18.6. The number of aromatic nitrogens is 4. The Morgan fingerprint density at radius 2 is 1.94 bits per heavy atom. The van der Waals surface area contributed by atoms with Crippen LogP contribution in [0, 0.1) is 11.6 Å². The van der Waals surface area contributed by atoms with Gasteiger partial charge in [0.15, 0.2) is 0 Å². The smallest absolute Gasteiger partial charge is 0.250 e. The zero-order valence-corrected chi connectivity index (χ0v) is 19.4. The Morgan fingerprint density at radius 1 is 1.18 bits per heavy atom. The van der Waals surface area contributed by atoms with E-state index < -0.39 is 33.7 Å². The minimum atomic E-state index is -3.44. The SMILES string of the molecule is CS(=O)(=O)n1cc2c(n1)CN(C1CC(N)[C@@H](c3cc(F)ccc3F)N(Cc3cncnc3)C1)C2. The molecule has 2 aromatic heterocycles. The minimum absolute atomic E-state index is 0.0217. The first kappa shape index (κ1) is 23.0. The van der Waals surface area contributed by atoms with E-state index in [1.165, 1.54) is 12.4 Å². The molecule has 0 spiro atoms. The lowest BCUT2D eigenvalue weighted by molar-refractivity contribution is 0.0361. The van der Waals surface area contributed by atoms with Gasteiger partial charge in [0.05, 0.1) is 18.0 Å². The van der Waals surface area contributed by atoms with Crippen LogP contribution in [0.5, 0.6) is 0 Å². The number of hydrogen-bond acceptors (Lipinski definition) is 8. The molecule has 3 atom stereocenters. The molecule has 0 aliphatic carbocycles. The maximum absolute atomic E-state index is 14.8. The minimum Gasteiger partial charge on any atom is -0.326 e. The molecular weight excluding hydrogens is 464 g/mol. The Bertz CT molecular complexity index is 1280. The summed E-state index contributed by atoms with van der Waals surface area (Å²) in [6.45, 7) is 2.02. The van der Waals surface area contributed by atoms with E-state index in [1.807, 2.05) is 4.90 Å². The van der Waals surface area contributed by atoms with E-state index in [0.717, 1.165) is 39.3 Å². The molecule has 34 heavy (non-hydrogen) atoms. The molecule has 0 bridgehead atoms. The number of nitrogens with two attached hydrogens (primary N) is 1. The normalized spacial score (nSPS) is 23.8. The van der Waals surface area contributed by atoms with Crippen molar-refractivity contribution in [3.8, 4) is 0 Å². The van der Waals surface area contributed by atoms with Gasteiger partial charge in [0.1, 0.15) is 18.0 Å². The van der Waals surface area contributed by atoms with Crippen LogP contribution in [0.4, 0.5) is 8.78 Å². The Morgan fingerprint density at radius 3 is 2.65 bits per heavy atom. The maximum Gasteiger partial charge on any atom is 0.250 e. The molecule has 2 unspecified atom stereocenters. The molecule has 0 amide bonds. The van der Waals surface area contributed by atoms with Crippen LogP contribution in [0.2, 0.25) is 0 Å². The molecule has 1 aromatic carbocycles. The number of nitrogens with zero attached hydrogens (tertiary/aromatic N) is 6. The summed E-state index contributed by atoms with van der Waals surface area (Å²) >= 11 is 0. The van der Waals surface area contributed by atoms with Gasteiger partial charge in [-0.05, 0) is 24.6 Å². The van der Waals surface area contributed by atoms with Crippen LogP contribution in [0.1, 0.15) is 34.8 Å². The van der Waals surface area contributed by atoms with Gasteiger partial charge in [0.2, 0.25) is 0 Å². The van der Waals surface area contributed by atoms with Crippen LogP contribution in [-0.2, 0) is 29.7 Å². The fourth-order valence-corrected chi connectivity index (χ4v) is 5.56. The van der Waals surface area contributed by atoms with Crippen LogP contribution in [-0.4, -0.2) is 62.3 Å². The summed E-state index contributed by atoms with van der Waals surface area (Å²) in [5.41, 5.74) is 9.26. The molecule has 5 rings (SSSR count). The van der Waals surface area contributed by atoms with Crippen molar-refractivity contribution in [3.05, 3.63) is 77.1 Å². The van der Waals surface area contributed by atoms with E-state index in [2.05, 4.69) is 20.0 Å². The average Bonchev–Trinajstić information content (AvgIpc) is 3.36.